The summed E-state index contributed by atoms with van der Waals surface area (Å²) in [7, 11) is 0. The third-order valence-corrected chi connectivity index (χ3v) is 4.40. The molecule has 0 saturated heterocycles. The molecule has 104 valence electrons. The van der Waals surface area contributed by atoms with Gasteiger partial charge < -0.3 is 0 Å². The molecule has 20 heavy (non-hydrogen) atoms. The van der Waals surface area contributed by atoms with Gasteiger partial charge in [0.25, 0.3) is 0 Å². The molecule has 0 atom stereocenters. The Labute approximate surface area is 128 Å². The van der Waals surface area contributed by atoms with Crippen molar-refractivity contribution >= 4 is 15.9 Å². The van der Waals surface area contributed by atoms with Crippen LogP contribution >= 0.6 is 15.9 Å². The van der Waals surface area contributed by atoms with Crippen LogP contribution < -0.4 is 0 Å². The highest BCUT2D eigenvalue weighted by atomic mass is 79.9. The van der Waals surface area contributed by atoms with Crippen molar-refractivity contribution in [1.82, 2.24) is 9.97 Å². The van der Waals surface area contributed by atoms with Gasteiger partial charge in [0.1, 0.15) is 10.4 Å². The second kappa shape index (κ2) is 6.04. The maximum absolute atomic E-state index is 4.66. The number of hydrogen-bond acceptors (Lipinski definition) is 2. The second-order valence-corrected chi connectivity index (χ2v) is 6.30. The van der Waals surface area contributed by atoms with Gasteiger partial charge in [-0.3, -0.25) is 0 Å². The predicted octanol–water partition coefficient (Wildman–Crippen LogP) is 5.13. The number of hydrogen-bond donors (Lipinski definition) is 0. The molecule has 1 heterocycles. The fourth-order valence-corrected chi connectivity index (χ4v) is 3.04. The quantitative estimate of drug-likeness (QED) is 0.726. The summed E-state index contributed by atoms with van der Waals surface area (Å²) in [6, 6.07) is 10.9. The van der Waals surface area contributed by atoms with Crippen molar-refractivity contribution in [1.29, 1.82) is 0 Å². The minimum absolute atomic E-state index is 0.789. The summed E-state index contributed by atoms with van der Waals surface area (Å²) >= 11 is 3.49. The van der Waals surface area contributed by atoms with Crippen LogP contribution in [0.4, 0.5) is 0 Å². The summed E-state index contributed by atoms with van der Waals surface area (Å²) in [5.74, 6) is 1.71. The van der Waals surface area contributed by atoms with Crippen molar-refractivity contribution in [3.8, 4) is 11.3 Å². The molecule has 1 aromatic heterocycles. The van der Waals surface area contributed by atoms with Crippen LogP contribution in [0, 0.1) is 0 Å². The standard InChI is InChI=1S/C17H19BrN2/c1-2-4-17-19-15(11-16(18)20-17)14-9-7-13(8-10-14)12-5-3-6-12/h7-12H,2-6H2,1H3. The van der Waals surface area contributed by atoms with Gasteiger partial charge in [0.15, 0.2) is 0 Å². The Hall–Kier alpha value is -1.22. The zero-order valence-electron chi connectivity index (χ0n) is 11.8. The normalized spacial score (nSPS) is 15.1. The fraction of sp³-hybridized carbons (Fsp3) is 0.412. The lowest BCUT2D eigenvalue weighted by molar-refractivity contribution is 0.420. The van der Waals surface area contributed by atoms with Crippen LogP contribution in [0.15, 0.2) is 34.9 Å². The SMILES string of the molecule is CCCc1nc(Br)cc(-c2ccc(C3CCC3)cc2)n1. The number of rotatable bonds is 4. The molecule has 3 heteroatoms. The smallest absolute Gasteiger partial charge is 0.130 e. The molecule has 1 fully saturated rings. The molecule has 2 aromatic rings. The summed E-state index contributed by atoms with van der Waals surface area (Å²) in [5.41, 5.74) is 3.66. The Morgan fingerprint density at radius 1 is 1.15 bits per heavy atom. The van der Waals surface area contributed by atoms with E-state index in [1.165, 1.54) is 30.4 Å². The molecule has 1 saturated carbocycles. The van der Waals surface area contributed by atoms with Crippen molar-refractivity contribution in [3.05, 3.63) is 46.3 Å². The van der Waals surface area contributed by atoms with Gasteiger partial charge in [-0.25, -0.2) is 9.97 Å². The third-order valence-electron chi connectivity index (χ3n) is 4.00. The minimum atomic E-state index is 0.789. The first-order chi connectivity index (χ1) is 9.76. The van der Waals surface area contributed by atoms with Crippen molar-refractivity contribution in [2.75, 3.05) is 0 Å². The maximum atomic E-state index is 4.66. The van der Waals surface area contributed by atoms with E-state index in [0.29, 0.717) is 0 Å². The van der Waals surface area contributed by atoms with E-state index in [9.17, 15) is 0 Å². The van der Waals surface area contributed by atoms with Crippen molar-refractivity contribution in [3.63, 3.8) is 0 Å². The van der Waals surface area contributed by atoms with Crippen molar-refractivity contribution in [2.45, 2.75) is 44.9 Å². The lowest BCUT2D eigenvalue weighted by Crippen LogP contribution is -2.08. The van der Waals surface area contributed by atoms with Crippen LogP contribution in [0.25, 0.3) is 11.3 Å². The molecule has 0 N–H and O–H groups in total. The number of aryl methyl sites for hydroxylation is 1. The van der Waals surface area contributed by atoms with Crippen LogP contribution in [-0.4, -0.2) is 9.97 Å². The molecule has 3 rings (SSSR count). The Morgan fingerprint density at radius 3 is 2.50 bits per heavy atom. The average molecular weight is 331 g/mol. The van der Waals surface area contributed by atoms with Crippen LogP contribution in [-0.2, 0) is 6.42 Å². The van der Waals surface area contributed by atoms with E-state index in [1.807, 2.05) is 6.07 Å². The molecule has 1 aliphatic rings. The van der Waals surface area contributed by atoms with E-state index in [4.69, 9.17) is 0 Å². The molecule has 0 spiro atoms. The predicted molar refractivity (Wildman–Crippen MR) is 85.8 cm³/mol. The molecule has 0 aliphatic heterocycles. The monoisotopic (exact) mass is 330 g/mol. The fourth-order valence-electron chi connectivity index (χ4n) is 2.62. The van der Waals surface area contributed by atoms with Gasteiger partial charge in [0.2, 0.25) is 0 Å². The largest absolute Gasteiger partial charge is 0.233 e. The molecule has 0 unspecified atom stereocenters. The lowest BCUT2D eigenvalue weighted by Gasteiger charge is -2.25. The molecule has 1 aliphatic carbocycles. The molecule has 0 amide bonds. The van der Waals surface area contributed by atoms with E-state index >= 15 is 0 Å². The van der Waals surface area contributed by atoms with Crippen molar-refractivity contribution < 1.29 is 0 Å². The van der Waals surface area contributed by atoms with Crippen LogP contribution in [0.5, 0.6) is 0 Å². The van der Waals surface area contributed by atoms with Gasteiger partial charge in [-0.1, -0.05) is 37.6 Å². The molecular weight excluding hydrogens is 312 g/mol. The van der Waals surface area contributed by atoms with E-state index < -0.39 is 0 Å². The van der Waals surface area contributed by atoms with Gasteiger partial charge in [0.05, 0.1) is 5.69 Å². The number of benzene rings is 1. The van der Waals surface area contributed by atoms with Crippen LogP contribution in [0.2, 0.25) is 0 Å². The molecular formula is C17H19BrN2. The van der Waals surface area contributed by atoms with Crippen LogP contribution in [0.3, 0.4) is 0 Å². The molecule has 0 bridgehead atoms. The van der Waals surface area contributed by atoms with E-state index in [0.717, 1.165) is 34.9 Å². The topological polar surface area (TPSA) is 25.8 Å². The maximum Gasteiger partial charge on any atom is 0.130 e. The molecule has 0 radical (unpaired) electrons. The van der Waals surface area contributed by atoms with Gasteiger partial charge in [-0.2, -0.15) is 0 Å². The van der Waals surface area contributed by atoms with Gasteiger partial charge in [-0.05, 0) is 52.7 Å². The van der Waals surface area contributed by atoms with E-state index in [1.54, 1.807) is 0 Å². The third kappa shape index (κ3) is 2.93. The number of aromatic nitrogens is 2. The Kier molecular flexibility index (Phi) is 4.16. The van der Waals surface area contributed by atoms with Crippen molar-refractivity contribution in [2.24, 2.45) is 0 Å². The van der Waals surface area contributed by atoms with E-state index in [-0.39, 0.29) is 0 Å². The Morgan fingerprint density at radius 2 is 1.90 bits per heavy atom. The summed E-state index contributed by atoms with van der Waals surface area (Å²) in [4.78, 5) is 9.08. The molecule has 1 aromatic carbocycles. The van der Waals surface area contributed by atoms with Crippen LogP contribution in [0.1, 0.15) is 49.9 Å². The first-order valence-corrected chi connectivity index (χ1v) is 8.19. The zero-order chi connectivity index (χ0) is 13.9. The Balaban J connectivity index is 1.87. The Bertz CT molecular complexity index is 588. The average Bonchev–Trinajstić information content (AvgIpc) is 2.37. The summed E-state index contributed by atoms with van der Waals surface area (Å²) in [6.45, 7) is 2.15. The first kappa shape index (κ1) is 13.7. The summed E-state index contributed by atoms with van der Waals surface area (Å²) < 4.78 is 0.869. The summed E-state index contributed by atoms with van der Waals surface area (Å²) in [6.07, 6.45) is 6.06. The van der Waals surface area contributed by atoms with Gasteiger partial charge in [-0.15, -0.1) is 0 Å². The minimum Gasteiger partial charge on any atom is -0.233 e. The highest BCUT2D eigenvalue weighted by Crippen LogP contribution is 2.36. The van der Waals surface area contributed by atoms with Gasteiger partial charge >= 0.3 is 0 Å². The van der Waals surface area contributed by atoms with Gasteiger partial charge in [0, 0.05) is 12.0 Å². The molecule has 2 nitrogen and oxygen atoms in total. The van der Waals surface area contributed by atoms with E-state index in [2.05, 4.69) is 57.1 Å². The summed E-state index contributed by atoms with van der Waals surface area (Å²) in [5, 5.41) is 0. The first-order valence-electron chi connectivity index (χ1n) is 7.40. The number of halogens is 1. The zero-order valence-corrected chi connectivity index (χ0v) is 13.4. The second-order valence-electron chi connectivity index (χ2n) is 5.49. The highest BCUT2D eigenvalue weighted by Gasteiger charge is 2.19. The number of nitrogens with zero attached hydrogens (tertiary/aromatic N) is 2. The highest BCUT2D eigenvalue weighted by molar-refractivity contribution is 9.10. The lowest BCUT2D eigenvalue weighted by atomic mass is 9.80.